The van der Waals surface area contributed by atoms with E-state index in [2.05, 4.69) is 49.1 Å². The van der Waals surface area contributed by atoms with Crippen molar-refractivity contribution in [2.24, 2.45) is 0 Å². The average Bonchev–Trinajstić information content (AvgIpc) is 3.07. The highest BCUT2D eigenvalue weighted by atomic mass is 19.1. The van der Waals surface area contributed by atoms with Gasteiger partial charge in [0, 0.05) is 31.4 Å². The molecule has 164 valence electrons. The van der Waals surface area contributed by atoms with Crippen LogP contribution in [0.3, 0.4) is 0 Å². The number of rotatable bonds is 5. The molecule has 0 atom stereocenters. The number of benzene rings is 1. The zero-order valence-corrected chi connectivity index (χ0v) is 18.0. The first kappa shape index (κ1) is 20.5. The monoisotopic (exact) mass is 433 g/mol. The summed E-state index contributed by atoms with van der Waals surface area (Å²) in [5.41, 5.74) is 9.38. The molecular weight excluding hydrogens is 409 g/mol. The van der Waals surface area contributed by atoms with Crippen LogP contribution in [0.1, 0.15) is 23.9 Å². The number of aryl methyl sites for hydroxylation is 1. The van der Waals surface area contributed by atoms with Crippen LogP contribution in [0, 0.1) is 12.7 Å². The molecule has 4 heterocycles. The third-order valence-corrected chi connectivity index (χ3v) is 5.59. The Labute approximate surface area is 184 Å². The molecule has 0 radical (unpaired) electrons. The van der Waals surface area contributed by atoms with Crippen LogP contribution in [0.25, 0.3) is 22.6 Å². The molecule has 0 saturated carbocycles. The average molecular weight is 433 g/mol. The fourth-order valence-electron chi connectivity index (χ4n) is 4.26. The summed E-state index contributed by atoms with van der Waals surface area (Å²) in [6.45, 7) is 6.28. The molecule has 1 aliphatic heterocycles. The second-order valence-electron chi connectivity index (χ2n) is 8.70. The second kappa shape index (κ2) is 7.61. The summed E-state index contributed by atoms with van der Waals surface area (Å²) in [6, 6.07) is 9.68. The lowest BCUT2D eigenvalue weighted by Crippen LogP contribution is -2.59. The summed E-state index contributed by atoms with van der Waals surface area (Å²) in [7, 11) is 0. The molecule has 1 saturated heterocycles. The summed E-state index contributed by atoms with van der Waals surface area (Å²) < 4.78 is 15.8. The molecule has 1 aliphatic rings. The van der Waals surface area contributed by atoms with E-state index in [1.54, 1.807) is 13.1 Å². The van der Waals surface area contributed by atoms with Crippen LogP contribution < -0.4 is 5.73 Å². The molecule has 3 N–H and O–H groups in total. The van der Waals surface area contributed by atoms with Crippen molar-refractivity contribution in [3.63, 3.8) is 0 Å². The number of aliphatic hydroxyl groups is 1. The lowest BCUT2D eigenvalue weighted by atomic mass is 9.96. The topological polar surface area (TPSA) is 106 Å². The Hall–Kier alpha value is -3.43. The van der Waals surface area contributed by atoms with E-state index in [0.717, 1.165) is 18.3 Å². The fourth-order valence-corrected chi connectivity index (χ4v) is 4.26. The summed E-state index contributed by atoms with van der Waals surface area (Å²) in [5.74, 6) is 0.926. The number of imidazole rings is 1. The number of halogens is 1. The Morgan fingerprint density at radius 2 is 1.75 bits per heavy atom. The molecule has 32 heavy (non-hydrogen) atoms. The van der Waals surface area contributed by atoms with Crippen LogP contribution in [-0.2, 0) is 13.1 Å². The van der Waals surface area contributed by atoms with Gasteiger partial charge in [-0.25, -0.2) is 19.3 Å². The first-order valence-electron chi connectivity index (χ1n) is 10.4. The van der Waals surface area contributed by atoms with E-state index in [-0.39, 0.29) is 5.82 Å². The predicted octanol–water partition coefficient (Wildman–Crippen LogP) is 2.53. The van der Waals surface area contributed by atoms with Crippen molar-refractivity contribution in [3.05, 3.63) is 65.5 Å². The zero-order chi connectivity index (χ0) is 22.5. The van der Waals surface area contributed by atoms with Crippen molar-refractivity contribution >= 4 is 17.0 Å². The molecule has 1 fully saturated rings. The molecule has 4 aromatic rings. The highest BCUT2D eigenvalue weighted by molar-refractivity contribution is 5.85. The number of aromatic nitrogens is 5. The maximum atomic E-state index is 13.9. The van der Waals surface area contributed by atoms with E-state index in [9.17, 15) is 9.50 Å². The minimum absolute atomic E-state index is 0.289. The van der Waals surface area contributed by atoms with E-state index in [1.807, 2.05) is 11.5 Å². The van der Waals surface area contributed by atoms with E-state index in [0.29, 0.717) is 48.0 Å². The molecule has 3 aromatic heterocycles. The van der Waals surface area contributed by atoms with Crippen molar-refractivity contribution in [2.75, 3.05) is 18.8 Å². The van der Waals surface area contributed by atoms with Gasteiger partial charge in [-0.2, -0.15) is 0 Å². The molecule has 0 aliphatic carbocycles. The largest absolute Gasteiger partial charge is 0.388 e. The maximum absolute atomic E-state index is 13.9. The number of hydrogen-bond donors (Lipinski definition) is 2. The summed E-state index contributed by atoms with van der Waals surface area (Å²) in [6.07, 6.45) is 2.73. The number of fused-ring (bicyclic) bond motifs is 1. The van der Waals surface area contributed by atoms with Crippen LogP contribution in [0.15, 0.2) is 42.7 Å². The van der Waals surface area contributed by atoms with E-state index in [4.69, 9.17) is 5.73 Å². The van der Waals surface area contributed by atoms with Gasteiger partial charge in [-0.1, -0.05) is 24.3 Å². The standard InChI is InChI=1S/C23H24FN7O/c1-14-27-20(25)19-22(28-14)31(21(29-19)17-7-18(24)9-26-8-17)11-16-5-3-15(4-6-16)10-30-12-23(2,32)13-30/h3-9,32H,10-13H2,1-2H3,(H2,25,27,28). The lowest BCUT2D eigenvalue weighted by Gasteiger charge is -2.44. The Morgan fingerprint density at radius 3 is 2.41 bits per heavy atom. The minimum atomic E-state index is -0.577. The fraction of sp³-hybridized carbons (Fsp3) is 0.304. The molecule has 0 bridgehead atoms. The molecule has 1 aromatic carbocycles. The lowest BCUT2D eigenvalue weighted by molar-refractivity contribution is -0.0871. The Kier molecular flexibility index (Phi) is 4.87. The van der Waals surface area contributed by atoms with E-state index < -0.39 is 11.4 Å². The van der Waals surface area contributed by atoms with Gasteiger partial charge in [0.2, 0.25) is 0 Å². The van der Waals surface area contributed by atoms with Gasteiger partial charge in [-0.15, -0.1) is 0 Å². The van der Waals surface area contributed by atoms with Gasteiger partial charge in [0.15, 0.2) is 17.0 Å². The zero-order valence-electron chi connectivity index (χ0n) is 18.0. The summed E-state index contributed by atoms with van der Waals surface area (Å²) in [4.78, 5) is 19.6. The molecule has 0 amide bonds. The van der Waals surface area contributed by atoms with Gasteiger partial charge in [0.1, 0.15) is 17.5 Å². The SMILES string of the molecule is Cc1nc(N)c2nc(-c3cncc(F)c3)n(Cc3ccc(CN4CC(C)(O)C4)cc3)c2n1. The molecule has 0 spiro atoms. The number of pyridine rings is 1. The van der Waals surface area contributed by atoms with Crippen molar-refractivity contribution in [1.82, 2.24) is 29.4 Å². The van der Waals surface area contributed by atoms with E-state index in [1.165, 1.54) is 11.6 Å². The van der Waals surface area contributed by atoms with Gasteiger partial charge in [-0.3, -0.25) is 9.88 Å². The quantitative estimate of drug-likeness (QED) is 0.498. The highest BCUT2D eigenvalue weighted by Gasteiger charge is 2.35. The van der Waals surface area contributed by atoms with Gasteiger partial charge in [-0.05, 0) is 31.0 Å². The molecule has 5 rings (SSSR count). The first-order chi connectivity index (χ1) is 15.3. The van der Waals surface area contributed by atoms with Crippen molar-refractivity contribution < 1.29 is 9.50 Å². The van der Waals surface area contributed by atoms with Crippen LogP contribution in [0.4, 0.5) is 10.2 Å². The first-order valence-corrected chi connectivity index (χ1v) is 10.4. The van der Waals surface area contributed by atoms with Crippen molar-refractivity contribution in [2.45, 2.75) is 32.5 Å². The van der Waals surface area contributed by atoms with Crippen LogP contribution >= 0.6 is 0 Å². The van der Waals surface area contributed by atoms with Gasteiger partial charge in [0.25, 0.3) is 0 Å². The number of nitrogen functional groups attached to an aromatic ring is 1. The molecule has 9 heteroatoms. The van der Waals surface area contributed by atoms with Crippen molar-refractivity contribution in [3.8, 4) is 11.4 Å². The Balaban J connectivity index is 1.48. The van der Waals surface area contributed by atoms with Gasteiger partial charge in [0.05, 0.1) is 18.3 Å². The second-order valence-corrected chi connectivity index (χ2v) is 8.70. The normalized spacial score (nSPS) is 15.8. The summed E-state index contributed by atoms with van der Waals surface area (Å²) in [5, 5.41) is 9.91. The third-order valence-electron chi connectivity index (χ3n) is 5.59. The Morgan fingerprint density at radius 1 is 1.06 bits per heavy atom. The van der Waals surface area contributed by atoms with Crippen LogP contribution in [-0.4, -0.2) is 53.2 Å². The van der Waals surface area contributed by atoms with Gasteiger partial charge < -0.3 is 15.4 Å². The minimum Gasteiger partial charge on any atom is -0.388 e. The Bertz CT molecular complexity index is 1290. The molecule has 8 nitrogen and oxygen atoms in total. The molecular formula is C23H24FN7O. The van der Waals surface area contributed by atoms with Crippen LogP contribution in [0.2, 0.25) is 0 Å². The number of anilines is 1. The summed E-state index contributed by atoms with van der Waals surface area (Å²) >= 11 is 0. The molecule has 0 unspecified atom stereocenters. The predicted molar refractivity (Wildman–Crippen MR) is 119 cm³/mol. The number of β-amino-alcohol motifs (C(OH)–C–C–N with tert-alkyl or cyclic N) is 1. The maximum Gasteiger partial charge on any atom is 0.166 e. The van der Waals surface area contributed by atoms with Crippen molar-refractivity contribution in [1.29, 1.82) is 0 Å². The number of nitrogens with zero attached hydrogens (tertiary/aromatic N) is 6. The van der Waals surface area contributed by atoms with Gasteiger partial charge >= 0.3 is 0 Å². The third kappa shape index (κ3) is 3.92. The van der Waals surface area contributed by atoms with E-state index >= 15 is 0 Å². The highest BCUT2D eigenvalue weighted by Crippen LogP contribution is 2.28. The number of likely N-dealkylation sites (tertiary alicyclic amines) is 1. The van der Waals surface area contributed by atoms with Crippen LogP contribution in [0.5, 0.6) is 0 Å². The number of nitrogens with two attached hydrogens (primary N) is 1. The smallest absolute Gasteiger partial charge is 0.166 e. The number of hydrogen-bond acceptors (Lipinski definition) is 7.